The van der Waals surface area contributed by atoms with E-state index in [1.807, 2.05) is 0 Å². The molecule has 0 radical (unpaired) electrons. The number of hydrogen-bond acceptors (Lipinski definition) is 4. The van der Waals surface area contributed by atoms with Crippen LogP contribution in [-0.4, -0.2) is 54.2 Å². The first-order chi connectivity index (χ1) is 9.81. The number of nitrogens with two attached hydrogens (primary N) is 1. The molecule has 1 rings (SSSR count). The third-order valence-electron chi connectivity index (χ3n) is 4.23. The molecule has 0 aromatic rings. The van der Waals surface area contributed by atoms with Crippen molar-refractivity contribution < 1.29 is 9.53 Å². The second-order valence-electron chi connectivity index (χ2n) is 6.24. The maximum absolute atomic E-state index is 12.5. The second kappa shape index (κ2) is 8.06. The van der Waals surface area contributed by atoms with Crippen LogP contribution in [0.15, 0.2) is 0 Å². The van der Waals surface area contributed by atoms with Crippen LogP contribution in [-0.2, 0) is 9.53 Å². The van der Waals surface area contributed by atoms with E-state index in [9.17, 15) is 4.79 Å². The number of nitrogens with one attached hydrogen (secondary N) is 1. The van der Waals surface area contributed by atoms with Gasteiger partial charge < -0.3 is 15.8 Å². The Bertz CT molecular complexity index is 358. The molecule has 0 aromatic carbocycles. The largest absolute Gasteiger partial charge is 0.392 e. The molecule has 3 N–H and O–H groups in total. The Hall–Kier alpha value is -0.720. The van der Waals surface area contributed by atoms with Crippen molar-refractivity contribution in [1.29, 1.82) is 0 Å². The molecule has 0 unspecified atom stereocenters. The summed E-state index contributed by atoms with van der Waals surface area (Å²) < 4.78 is 5.33. The molecular weight excluding hydrogens is 286 g/mol. The van der Waals surface area contributed by atoms with E-state index in [4.69, 9.17) is 22.7 Å². The maximum Gasteiger partial charge on any atom is 0.233 e. The summed E-state index contributed by atoms with van der Waals surface area (Å²) in [6, 6.07) is 0.907. The molecule has 0 spiro atoms. The third kappa shape index (κ3) is 4.63. The Morgan fingerprint density at radius 2 is 1.81 bits per heavy atom. The summed E-state index contributed by atoms with van der Waals surface area (Å²) in [6.45, 7) is 11.2. The summed E-state index contributed by atoms with van der Waals surface area (Å²) in [7, 11) is 0. The lowest BCUT2D eigenvalue weighted by Crippen LogP contribution is -2.53. The van der Waals surface area contributed by atoms with E-state index in [-0.39, 0.29) is 10.9 Å². The summed E-state index contributed by atoms with van der Waals surface area (Å²) >= 11 is 5.14. The summed E-state index contributed by atoms with van der Waals surface area (Å²) in [5.41, 5.74) is 5.11. The first kappa shape index (κ1) is 18.3. The van der Waals surface area contributed by atoms with Gasteiger partial charge in [0.15, 0.2) is 0 Å². The number of carbonyl (C=O) groups excluding carboxylic acids is 1. The fourth-order valence-electron chi connectivity index (χ4n) is 2.89. The van der Waals surface area contributed by atoms with Crippen molar-refractivity contribution in [2.75, 3.05) is 26.3 Å². The highest BCUT2D eigenvalue weighted by Crippen LogP contribution is 2.31. The van der Waals surface area contributed by atoms with Crippen molar-refractivity contribution in [2.24, 2.45) is 11.1 Å². The average Bonchev–Trinajstić information content (AvgIpc) is 2.42. The van der Waals surface area contributed by atoms with Gasteiger partial charge >= 0.3 is 0 Å². The monoisotopic (exact) mass is 315 g/mol. The van der Waals surface area contributed by atoms with Crippen LogP contribution in [0.3, 0.4) is 0 Å². The highest BCUT2D eigenvalue weighted by Gasteiger charge is 2.42. The second-order valence-corrected chi connectivity index (χ2v) is 6.68. The predicted octanol–water partition coefficient (Wildman–Crippen LogP) is 1.30. The van der Waals surface area contributed by atoms with Gasteiger partial charge in [-0.1, -0.05) is 12.2 Å². The molecule has 122 valence electrons. The lowest BCUT2D eigenvalue weighted by molar-refractivity contribution is -0.131. The zero-order valence-electron chi connectivity index (χ0n) is 13.6. The summed E-state index contributed by atoms with van der Waals surface area (Å²) in [5, 5.41) is 3.01. The first-order valence-electron chi connectivity index (χ1n) is 7.73. The smallest absolute Gasteiger partial charge is 0.233 e. The number of rotatable bonds is 7. The van der Waals surface area contributed by atoms with Gasteiger partial charge in [0.2, 0.25) is 5.91 Å². The summed E-state index contributed by atoms with van der Waals surface area (Å²) in [6.07, 6.45) is 1.15. The topological polar surface area (TPSA) is 67.6 Å². The van der Waals surface area contributed by atoms with Crippen LogP contribution >= 0.6 is 12.2 Å². The molecule has 0 saturated carbocycles. The highest BCUT2D eigenvalue weighted by atomic mass is 32.1. The minimum absolute atomic E-state index is 0.0502. The molecule has 0 aromatic heterocycles. The number of amides is 1. The Balaban J connectivity index is 2.57. The normalized spacial score (nSPS) is 18.2. The zero-order chi connectivity index (χ0) is 16.0. The van der Waals surface area contributed by atoms with Crippen LogP contribution < -0.4 is 11.1 Å². The number of carbonyl (C=O) groups is 1. The van der Waals surface area contributed by atoms with E-state index in [0.717, 1.165) is 6.54 Å². The van der Waals surface area contributed by atoms with Crippen LogP contribution in [0.5, 0.6) is 0 Å². The molecule has 0 bridgehead atoms. The molecular formula is C15H29N3O2S. The molecule has 21 heavy (non-hydrogen) atoms. The lowest BCUT2D eigenvalue weighted by Gasteiger charge is -2.35. The Morgan fingerprint density at radius 3 is 2.24 bits per heavy atom. The maximum atomic E-state index is 12.5. The van der Waals surface area contributed by atoms with Gasteiger partial charge in [0.05, 0.1) is 4.99 Å². The van der Waals surface area contributed by atoms with E-state index < -0.39 is 5.41 Å². The van der Waals surface area contributed by atoms with Crippen molar-refractivity contribution in [3.63, 3.8) is 0 Å². The van der Waals surface area contributed by atoms with Gasteiger partial charge in [-0.05, 0) is 40.5 Å². The van der Waals surface area contributed by atoms with Crippen LogP contribution in [0.4, 0.5) is 0 Å². The van der Waals surface area contributed by atoms with E-state index in [1.165, 1.54) is 0 Å². The predicted molar refractivity (Wildman–Crippen MR) is 89.3 cm³/mol. The zero-order valence-corrected chi connectivity index (χ0v) is 14.5. The number of ether oxygens (including phenoxy) is 1. The van der Waals surface area contributed by atoms with Gasteiger partial charge in [-0.2, -0.15) is 0 Å². The van der Waals surface area contributed by atoms with Gasteiger partial charge in [-0.15, -0.1) is 0 Å². The van der Waals surface area contributed by atoms with Crippen LogP contribution in [0.2, 0.25) is 0 Å². The Labute approximate surface area is 133 Å². The van der Waals surface area contributed by atoms with E-state index in [0.29, 0.717) is 44.7 Å². The van der Waals surface area contributed by atoms with Crippen molar-refractivity contribution >= 4 is 23.1 Å². The van der Waals surface area contributed by atoms with E-state index >= 15 is 0 Å². The average molecular weight is 315 g/mol. The lowest BCUT2D eigenvalue weighted by atomic mass is 9.79. The van der Waals surface area contributed by atoms with Crippen molar-refractivity contribution in [2.45, 2.75) is 52.6 Å². The molecule has 1 aliphatic rings. The fourth-order valence-corrected chi connectivity index (χ4v) is 3.18. The van der Waals surface area contributed by atoms with E-state index in [1.54, 1.807) is 0 Å². The number of hydrogen-bond donors (Lipinski definition) is 2. The number of thiocarbonyl (C=S) groups is 1. The molecule has 1 saturated heterocycles. The quantitative estimate of drug-likeness (QED) is 0.693. The Morgan fingerprint density at radius 1 is 1.29 bits per heavy atom. The van der Waals surface area contributed by atoms with Gasteiger partial charge in [0, 0.05) is 38.4 Å². The molecule has 0 atom stereocenters. The first-order valence-corrected chi connectivity index (χ1v) is 8.14. The molecule has 0 aliphatic carbocycles. The number of nitrogens with zero attached hydrogens (tertiary/aromatic N) is 1. The SMILES string of the molecule is CC(C)N(CCNC(=O)C1(C(N)=S)CCOCC1)C(C)C. The fraction of sp³-hybridized carbons (Fsp3) is 0.867. The molecule has 1 aliphatic heterocycles. The molecule has 1 fully saturated rings. The summed E-state index contributed by atoms with van der Waals surface area (Å²) in [5.74, 6) is -0.0502. The van der Waals surface area contributed by atoms with Gasteiger partial charge in [-0.25, -0.2) is 0 Å². The van der Waals surface area contributed by atoms with Gasteiger partial charge in [0.1, 0.15) is 5.41 Å². The molecule has 5 nitrogen and oxygen atoms in total. The van der Waals surface area contributed by atoms with Crippen molar-refractivity contribution in [1.82, 2.24) is 10.2 Å². The van der Waals surface area contributed by atoms with Crippen LogP contribution in [0.25, 0.3) is 0 Å². The van der Waals surface area contributed by atoms with Crippen molar-refractivity contribution in [3.8, 4) is 0 Å². The minimum atomic E-state index is -0.728. The highest BCUT2D eigenvalue weighted by molar-refractivity contribution is 7.80. The van der Waals surface area contributed by atoms with Crippen LogP contribution in [0, 0.1) is 5.41 Å². The van der Waals surface area contributed by atoms with E-state index in [2.05, 4.69) is 37.9 Å². The molecule has 1 amide bonds. The third-order valence-corrected chi connectivity index (χ3v) is 4.63. The molecule has 6 heteroatoms. The van der Waals surface area contributed by atoms with Gasteiger partial charge in [-0.3, -0.25) is 9.69 Å². The minimum Gasteiger partial charge on any atom is -0.392 e. The Kier molecular flexibility index (Phi) is 7.03. The summed E-state index contributed by atoms with van der Waals surface area (Å²) in [4.78, 5) is 15.2. The van der Waals surface area contributed by atoms with Crippen molar-refractivity contribution in [3.05, 3.63) is 0 Å². The standard InChI is InChI=1S/C15H29N3O2S/c1-11(2)18(12(3)4)8-7-17-14(19)15(13(16)21)5-9-20-10-6-15/h11-12H,5-10H2,1-4H3,(H2,16,21)(H,17,19). The van der Waals surface area contributed by atoms with Gasteiger partial charge in [0.25, 0.3) is 0 Å². The molecule has 1 heterocycles. The van der Waals surface area contributed by atoms with Crippen LogP contribution in [0.1, 0.15) is 40.5 Å².